The molecule has 0 spiro atoms. The van der Waals surface area contributed by atoms with E-state index >= 15 is 0 Å². The number of amides is 1. The van der Waals surface area contributed by atoms with Crippen LogP contribution in [0.3, 0.4) is 0 Å². The Morgan fingerprint density at radius 3 is 2.71 bits per heavy atom. The van der Waals surface area contributed by atoms with Crippen LogP contribution >= 0.6 is 22.6 Å². The molecule has 1 rings (SSSR count). The van der Waals surface area contributed by atoms with Gasteiger partial charge in [-0.25, -0.2) is 8.78 Å². The smallest absolute Gasteiger partial charge is 0.262 e. The Labute approximate surface area is 112 Å². The van der Waals surface area contributed by atoms with E-state index in [9.17, 15) is 13.6 Å². The number of methoxy groups -OCH3 is 1. The first-order chi connectivity index (χ1) is 7.83. The fourth-order valence-electron chi connectivity index (χ4n) is 1.14. The quantitative estimate of drug-likeness (QED) is 0.844. The van der Waals surface area contributed by atoms with Crippen LogP contribution in [-0.4, -0.2) is 25.5 Å². The Morgan fingerprint density at radius 1 is 1.53 bits per heavy atom. The van der Waals surface area contributed by atoms with Gasteiger partial charge in [-0.2, -0.15) is 0 Å². The lowest BCUT2D eigenvalue weighted by atomic mass is 10.2. The second kappa shape index (κ2) is 5.61. The molecule has 6 heteroatoms. The molecule has 3 nitrogen and oxygen atoms in total. The van der Waals surface area contributed by atoms with Gasteiger partial charge in [0, 0.05) is 12.5 Å². The second-order valence-electron chi connectivity index (χ2n) is 3.60. The van der Waals surface area contributed by atoms with Crippen molar-refractivity contribution in [3.05, 3.63) is 27.3 Å². The van der Waals surface area contributed by atoms with Crippen molar-refractivity contribution in [3.8, 4) is 5.75 Å². The standard InChI is InChI=1S/C11H12F2INO2/c1-11(12,13)6-15-10(16)7-3-4-8(14)9(5-7)17-2/h3-5H,6H2,1-2H3,(H,15,16). The zero-order valence-corrected chi connectivity index (χ0v) is 11.5. The highest BCUT2D eigenvalue weighted by Gasteiger charge is 2.22. The average molecular weight is 355 g/mol. The summed E-state index contributed by atoms with van der Waals surface area (Å²) in [5, 5.41) is 2.16. The summed E-state index contributed by atoms with van der Waals surface area (Å²) < 4.78 is 31.0. The third-order valence-corrected chi connectivity index (χ3v) is 2.86. The number of ether oxygens (including phenoxy) is 1. The predicted molar refractivity (Wildman–Crippen MR) is 68.7 cm³/mol. The van der Waals surface area contributed by atoms with E-state index in [-0.39, 0.29) is 0 Å². The number of benzene rings is 1. The molecule has 0 unspecified atom stereocenters. The minimum atomic E-state index is -2.91. The van der Waals surface area contributed by atoms with Gasteiger partial charge in [0.25, 0.3) is 11.8 Å². The number of halogens is 3. The van der Waals surface area contributed by atoms with Crippen LogP contribution in [0.4, 0.5) is 8.78 Å². The van der Waals surface area contributed by atoms with Gasteiger partial charge < -0.3 is 10.1 Å². The molecule has 0 heterocycles. The van der Waals surface area contributed by atoms with E-state index in [0.29, 0.717) is 11.3 Å². The molecular weight excluding hydrogens is 343 g/mol. The van der Waals surface area contributed by atoms with Crippen LogP contribution in [0.25, 0.3) is 0 Å². The molecule has 0 atom stereocenters. The summed E-state index contributed by atoms with van der Waals surface area (Å²) in [7, 11) is 1.49. The van der Waals surface area contributed by atoms with Gasteiger partial charge in [-0.15, -0.1) is 0 Å². The molecular formula is C11H12F2INO2. The summed E-state index contributed by atoms with van der Waals surface area (Å²) in [4.78, 5) is 11.6. The van der Waals surface area contributed by atoms with Crippen LogP contribution in [0.2, 0.25) is 0 Å². The summed E-state index contributed by atoms with van der Waals surface area (Å²) in [5.74, 6) is -2.91. The second-order valence-corrected chi connectivity index (χ2v) is 4.76. The third kappa shape index (κ3) is 4.45. The highest BCUT2D eigenvalue weighted by atomic mass is 127. The van der Waals surface area contributed by atoms with Gasteiger partial charge in [-0.1, -0.05) is 0 Å². The van der Waals surface area contributed by atoms with Crippen LogP contribution in [0.5, 0.6) is 5.75 Å². The Balaban J connectivity index is 2.76. The molecule has 1 aromatic carbocycles. The Hall–Kier alpha value is -0.920. The van der Waals surface area contributed by atoms with E-state index in [2.05, 4.69) is 27.9 Å². The van der Waals surface area contributed by atoms with Gasteiger partial charge in [0.15, 0.2) is 0 Å². The maximum Gasteiger partial charge on any atom is 0.262 e. The topological polar surface area (TPSA) is 38.3 Å². The first kappa shape index (κ1) is 14.1. The molecule has 1 N–H and O–H groups in total. The zero-order chi connectivity index (χ0) is 13.1. The van der Waals surface area contributed by atoms with Crippen LogP contribution in [0.15, 0.2) is 18.2 Å². The number of rotatable bonds is 4. The van der Waals surface area contributed by atoms with Crippen LogP contribution < -0.4 is 10.1 Å². The van der Waals surface area contributed by atoms with Crippen LogP contribution in [0.1, 0.15) is 17.3 Å². The molecule has 1 amide bonds. The van der Waals surface area contributed by atoms with Gasteiger partial charge in [0.1, 0.15) is 5.75 Å². The maximum absolute atomic E-state index is 12.6. The number of hydrogen-bond donors (Lipinski definition) is 1. The third-order valence-electron chi connectivity index (χ3n) is 1.97. The molecule has 0 aliphatic carbocycles. The van der Waals surface area contributed by atoms with E-state index in [4.69, 9.17) is 4.74 Å². The number of carbonyl (C=O) groups excluding carboxylic acids is 1. The van der Waals surface area contributed by atoms with Crippen molar-refractivity contribution in [1.29, 1.82) is 0 Å². The fourth-order valence-corrected chi connectivity index (χ4v) is 1.69. The zero-order valence-electron chi connectivity index (χ0n) is 9.39. The van der Waals surface area contributed by atoms with Crippen LogP contribution in [-0.2, 0) is 0 Å². The van der Waals surface area contributed by atoms with Crippen molar-refractivity contribution in [3.63, 3.8) is 0 Å². The molecule has 0 bridgehead atoms. The number of carbonyl (C=O) groups is 1. The first-order valence-corrected chi connectivity index (χ1v) is 5.91. The molecule has 0 saturated carbocycles. The number of hydrogen-bond acceptors (Lipinski definition) is 2. The molecule has 0 fully saturated rings. The highest BCUT2D eigenvalue weighted by molar-refractivity contribution is 14.1. The van der Waals surface area contributed by atoms with Crippen molar-refractivity contribution in [2.45, 2.75) is 12.8 Å². The molecule has 0 radical (unpaired) electrons. The minimum Gasteiger partial charge on any atom is -0.496 e. The van der Waals surface area contributed by atoms with Crippen molar-refractivity contribution in [2.24, 2.45) is 0 Å². The monoisotopic (exact) mass is 355 g/mol. The van der Waals surface area contributed by atoms with Crippen LogP contribution in [0, 0.1) is 3.57 Å². The molecule has 0 saturated heterocycles. The summed E-state index contributed by atoms with van der Waals surface area (Å²) in [6.07, 6.45) is 0. The number of nitrogens with one attached hydrogen (secondary N) is 1. The number of alkyl halides is 2. The van der Waals surface area contributed by atoms with Gasteiger partial charge in [0.05, 0.1) is 17.2 Å². The summed E-state index contributed by atoms with van der Waals surface area (Å²) in [6.45, 7) is 0.0714. The first-order valence-electron chi connectivity index (χ1n) is 4.83. The van der Waals surface area contributed by atoms with Gasteiger partial charge in [-0.3, -0.25) is 4.79 Å². The SMILES string of the molecule is COc1cc(C(=O)NCC(C)(F)F)ccc1I. The van der Waals surface area contributed by atoms with Gasteiger partial charge in [0.2, 0.25) is 0 Å². The predicted octanol–water partition coefficient (Wildman–Crippen LogP) is 2.68. The van der Waals surface area contributed by atoms with Gasteiger partial charge in [-0.05, 0) is 40.8 Å². The van der Waals surface area contributed by atoms with E-state index in [1.165, 1.54) is 13.2 Å². The Morgan fingerprint density at radius 2 is 2.18 bits per heavy atom. The Bertz CT molecular complexity index is 418. The van der Waals surface area contributed by atoms with Crippen molar-refractivity contribution < 1.29 is 18.3 Å². The molecule has 17 heavy (non-hydrogen) atoms. The van der Waals surface area contributed by atoms with E-state index in [0.717, 1.165) is 10.5 Å². The molecule has 1 aromatic rings. The summed E-state index contributed by atoms with van der Waals surface area (Å²) in [6, 6.07) is 4.77. The average Bonchev–Trinajstić information content (AvgIpc) is 2.25. The van der Waals surface area contributed by atoms with E-state index < -0.39 is 18.4 Å². The van der Waals surface area contributed by atoms with Crippen molar-refractivity contribution in [1.82, 2.24) is 5.32 Å². The van der Waals surface area contributed by atoms with E-state index in [1.807, 2.05) is 0 Å². The summed E-state index contributed by atoms with van der Waals surface area (Å²) >= 11 is 2.06. The minimum absolute atomic E-state index is 0.298. The lowest BCUT2D eigenvalue weighted by Crippen LogP contribution is -2.34. The van der Waals surface area contributed by atoms with Crippen molar-refractivity contribution in [2.75, 3.05) is 13.7 Å². The van der Waals surface area contributed by atoms with E-state index in [1.54, 1.807) is 12.1 Å². The lowest BCUT2D eigenvalue weighted by molar-refractivity contribution is 0.0221. The molecule has 0 aliphatic heterocycles. The fraction of sp³-hybridized carbons (Fsp3) is 0.364. The molecule has 0 aromatic heterocycles. The normalized spacial score (nSPS) is 11.1. The maximum atomic E-state index is 12.6. The highest BCUT2D eigenvalue weighted by Crippen LogP contribution is 2.21. The van der Waals surface area contributed by atoms with Crippen molar-refractivity contribution >= 4 is 28.5 Å². The largest absolute Gasteiger partial charge is 0.496 e. The lowest BCUT2D eigenvalue weighted by Gasteiger charge is -2.12. The summed E-state index contributed by atoms with van der Waals surface area (Å²) in [5.41, 5.74) is 0.298. The molecule has 94 valence electrons. The Kier molecular flexibility index (Phi) is 4.67. The molecule has 0 aliphatic rings. The van der Waals surface area contributed by atoms with Gasteiger partial charge >= 0.3 is 0 Å².